The van der Waals surface area contributed by atoms with Crippen LogP contribution in [0.2, 0.25) is 0 Å². The highest BCUT2D eigenvalue weighted by atomic mass is 32.2. The van der Waals surface area contributed by atoms with Gasteiger partial charge in [0.2, 0.25) is 11.8 Å². The van der Waals surface area contributed by atoms with Gasteiger partial charge in [-0.15, -0.1) is 0 Å². The second-order valence-corrected chi connectivity index (χ2v) is 8.10. The van der Waals surface area contributed by atoms with Crippen LogP contribution < -0.4 is 15.1 Å². The summed E-state index contributed by atoms with van der Waals surface area (Å²) in [6.45, 7) is 0. The number of carbonyl (C=O) groups is 2. The summed E-state index contributed by atoms with van der Waals surface area (Å²) in [6, 6.07) is 7.29. The Bertz CT molecular complexity index is 1020. The van der Waals surface area contributed by atoms with Crippen LogP contribution in [-0.4, -0.2) is 42.5 Å². The number of hydrogen-bond acceptors (Lipinski definition) is 6. The van der Waals surface area contributed by atoms with Gasteiger partial charge in [-0.3, -0.25) is 19.5 Å². The summed E-state index contributed by atoms with van der Waals surface area (Å²) < 4.78 is 0. The van der Waals surface area contributed by atoms with E-state index in [1.54, 1.807) is 17.4 Å². The highest BCUT2D eigenvalue weighted by Gasteiger charge is 2.45. The average Bonchev–Trinajstić information content (AvgIpc) is 3.21. The minimum atomic E-state index is -0.327. The molecule has 0 spiro atoms. The van der Waals surface area contributed by atoms with E-state index in [0.717, 1.165) is 33.2 Å². The molecule has 27 heavy (non-hydrogen) atoms. The number of rotatable bonds is 2. The highest BCUT2D eigenvalue weighted by Crippen LogP contribution is 2.50. The molecule has 0 saturated carbocycles. The van der Waals surface area contributed by atoms with Crippen molar-refractivity contribution in [3.05, 3.63) is 41.6 Å². The predicted molar refractivity (Wildman–Crippen MR) is 106 cm³/mol. The van der Waals surface area contributed by atoms with Gasteiger partial charge in [-0.2, -0.15) is 0 Å². The number of hydrogen-bond donors (Lipinski definition) is 1. The van der Waals surface area contributed by atoms with Crippen LogP contribution in [-0.2, 0) is 16.0 Å². The molecule has 0 saturated heterocycles. The molecule has 8 heteroatoms. The molecule has 1 aromatic heterocycles. The molecule has 0 aliphatic carbocycles. The summed E-state index contributed by atoms with van der Waals surface area (Å²) in [5, 5.41) is 3.35. The first-order valence-corrected chi connectivity index (χ1v) is 9.53. The number of nitrogens with zero attached hydrogens (tertiary/aromatic N) is 4. The van der Waals surface area contributed by atoms with E-state index in [4.69, 9.17) is 4.99 Å². The lowest BCUT2D eigenvalue weighted by Gasteiger charge is -2.29. The van der Waals surface area contributed by atoms with Crippen molar-refractivity contribution in [3.63, 3.8) is 0 Å². The second-order valence-electron chi connectivity index (χ2n) is 6.97. The van der Waals surface area contributed by atoms with Gasteiger partial charge in [0.15, 0.2) is 0 Å². The molecular formula is C19H17N5O2S. The van der Waals surface area contributed by atoms with Crippen molar-refractivity contribution in [2.45, 2.75) is 22.7 Å². The van der Waals surface area contributed by atoms with Crippen LogP contribution in [0, 0.1) is 0 Å². The highest BCUT2D eigenvalue weighted by molar-refractivity contribution is 8.01. The first-order valence-electron chi connectivity index (χ1n) is 8.65. The summed E-state index contributed by atoms with van der Waals surface area (Å²) in [7, 11) is 3.96. The molecule has 5 rings (SSSR count). The molecule has 2 atom stereocenters. The first-order chi connectivity index (χ1) is 13.0. The number of thioether (sulfide) groups is 1. The summed E-state index contributed by atoms with van der Waals surface area (Å²) in [5.74, 6) is -0.0372. The summed E-state index contributed by atoms with van der Waals surface area (Å²) in [4.78, 5) is 37.6. The molecule has 4 heterocycles. The maximum Gasteiger partial charge on any atom is 0.248 e. The molecule has 2 unspecified atom stereocenters. The van der Waals surface area contributed by atoms with Gasteiger partial charge in [0.25, 0.3) is 0 Å². The van der Waals surface area contributed by atoms with Crippen molar-refractivity contribution in [1.29, 1.82) is 0 Å². The van der Waals surface area contributed by atoms with Crippen LogP contribution in [0.3, 0.4) is 0 Å². The zero-order chi connectivity index (χ0) is 18.7. The van der Waals surface area contributed by atoms with Crippen molar-refractivity contribution in [3.8, 4) is 0 Å². The van der Waals surface area contributed by atoms with Crippen LogP contribution in [0.25, 0.3) is 0 Å². The third kappa shape index (κ3) is 2.43. The minimum Gasteiger partial charge on any atom is -0.377 e. The largest absolute Gasteiger partial charge is 0.377 e. The van der Waals surface area contributed by atoms with E-state index in [1.165, 1.54) is 11.8 Å². The second kappa shape index (κ2) is 5.82. The topological polar surface area (TPSA) is 77.9 Å². The average molecular weight is 379 g/mol. The standard InChI is InChI=1S/C19H17N5O2S/c1-23(2)13-5-6-20-18-15(13)16-17(27-18)19(26)24(9-21-16)11-3-4-12-10(7-11)8-14(25)22-12/h3-7,9,16-17H,8H2,1-2H3,(H,22,25). The van der Waals surface area contributed by atoms with E-state index in [1.807, 2.05) is 43.3 Å². The third-order valence-corrected chi connectivity index (χ3v) is 6.31. The van der Waals surface area contributed by atoms with Crippen LogP contribution in [0.5, 0.6) is 0 Å². The Morgan fingerprint density at radius 2 is 2.11 bits per heavy atom. The summed E-state index contributed by atoms with van der Waals surface area (Å²) >= 11 is 1.47. The lowest BCUT2D eigenvalue weighted by Crippen LogP contribution is -2.42. The molecular weight excluding hydrogens is 362 g/mol. The number of anilines is 3. The van der Waals surface area contributed by atoms with Gasteiger partial charge in [-0.05, 0) is 29.8 Å². The van der Waals surface area contributed by atoms with Crippen molar-refractivity contribution >= 4 is 47.0 Å². The van der Waals surface area contributed by atoms with Gasteiger partial charge in [-0.1, -0.05) is 11.8 Å². The molecule has 1 aromatic carbocycles. The SMILES string of the molecule is CN(C)c1ccnc2c1C1N=CN(c3ccc4c(c3)CC(=O)N4)C(=O)C1S2. The van der Waals surface area contributed by atoms with Gasteiger partial charge in [0.05, 0.1) is 18.4 Å². The number of nitrogens with one attached hydrogen (secondary N) is 1. The molecule has 2 amide bonds. The molecule has 2 aromatic rings. The van der Waals surface area contributed by atoms with E-state index in [-0.39, 0.29) is 23.1 Å². The number of aliphatic imine (C=N–C) groups is 1. The minimum absolute atomic E-state index is 0.0139. The molecule has 0 bridgehead atoms. The number of amides is 2. The van der Waals surface area contributed by atoms with Crippen molar-refractivity contribution in [1.82, 2.24) is 4.98 Å². The zero-order valence-corrected chi connectivity index (χ0v) is 15.7. The monoisotopic (exact) mass is 379 g/mol. The maximum atomic E-state index is 13.2. The quantitative estimate of drug-likeness (QED) is 0.866. The summed E-state index contributed by atoms with van der Waals surface area (Å²) in [6.07, 6.45) is 3.72. The maximum absolute atomic E-state index is 13.2. The first kappa shape index (κ1) is 16.3. The number of fused-ring (bicyclic) bond motifs is 4. The van der Waals surface area contributed by atoms with Gasteiger partial charge in [0, 0.05) is 37.2 Å². The van der Waals surface area contributed by atoms with Gasteiger partial charge in [0.1, 0.15) is 16.3 Å². The Morgan fingerprint density at radius 1 is 1.26 bits per heavy atom. The molecule has 3 aliphatic rings. The van der Waals surface area contributed by atoms with E-state index < -0.39 is 0 Å². The smallest absolute Gasteiger partial charge is 0.248 e. The Hall–Kier alpha value is -2.87. The van der Waals surface area contributed by atoms with Gasteiger partial charge < -0.3 is 10.2 Å². The fourth-order valence-electron chi connectivity index (χ4n) is 3.77. The lowest BCUT2D eigenvalue weighted by molar-refractivity contribution is -0.117. The lowest BCUT2D eigenvalue weighted by atomic mass is 10.0. The van der Waals surface area contributed by atoms with Crippen molar-refractivity contribution in [2.24, 2.45) is 4.99 Å². The predicted octanol–water partition coefficient (Wildman–Crippen LogP) is 2.23. The van der Waals surface area contributed by atoms with Crippen LogP contribution in [0.15, 0.2) is 40.5 Å². The Balaban J connectivity index is 1.51. The fourth-order valence-corrected chi connectivity index (χ4v) is 5.04. The third-order valence-electron chi connectivity index (χ3n) is 5.05. The summed E-state index contributed by atoms with van der Waals surface area (Å²) in [5.41, 5.74) is 4.51. The molecule has 0 fully saturated rings. The molecule has 7 nitrogen and oxygen atoms in total. The molecule has 1 N–H and O–H groups in total. The molecule has 0 radical (unpaired) electrons. The Kier molecular flexibility index (Phi) is 3.51. The number of benzene rings is 1. The van der Waals surface area contributed by atoms with Crippen molar-refractivity contribution < 1.29 is 9.59 Å². The Morgan fingerprint density at radius 3 is 2.93 bits per heavy atom. The van der Waals surface area contributed by atoms with Crippen LogP contribution >= 0.6 is 11.8 Å². The Labute approximate surface area is 160 Å². The fraction of sp³-hybridized carbons (Fsp3) is 0.263. The van der Waals surface area contributed by atoms with Crippen LogP contribution in [0.1, 0.15) is 17.2 Å². The van der Waals surface area contributed by atoms with E-state index in [9.17, 15) is 9.59 Å². The van der Waals surface area contributed by atoms with Gasteiger partial charge in [-0.25, -0.2) is 4.98 Å². The number of carbonyl (C=O) groups excluding carboxylic acids is 2. The van der Waals surface area contributed by atoms with E-state index >= 15 is 0 Å². The van der Waals surface area contributed by atoms with Crippen molar-refractivity contribution in [2.75, 3.05) is 29.2 Å². The molecule has 136 valence electrons. The molecule has 3 aliphatic heterocycles. The normalized spacial score (nSPS) is 22.4. The zero-order valence-electron chi connectivity index (χ0n) is 14.8. The van der Waals surface area contributed by atoms with E-state index in [2.05, 4.69) is 10.3 Å². The van der Waals surface area contributed by atoms with Crippen LogP contribution in [0.4, 0.5) is 17.1 Å². The van der Waals surface area contributed by atoms with E-state index in [0.29, 0.717) is 6.42 Å². The number of pyridine rings is 1. The number of aromatic nitrogens is 1. The van der Waals surface area contributed by atoms with Gasteiger partial charge >= 0.3 is 0 Å².